The van der Waals surface area contributed by atoms with E-state index in [1.54, 1.807) is 24.3 Å². The Bertz CT molecular complexity index is 659. The second-order valence-electron chi connectivity index (χ2n) is 4.23. The number of nitrogens with zero attached hydrogens (tertiary/aromatic N) is 2. The van der Waals surface area contributed by atoms with Crippen molar-refractivity contribution in [3.63, 3.8) is 0 Å². The monoisotopic (exact) mass is 321 g/mol. The normalized spacial score (nSPS) is 10.0. The molecule has 0 saturated carbocycles. The van der Waals surface area contributed by atoms with Crippen LogP contribution in [-0.2, 0) is 4.74 Å². The first-order chi connectivity index (χ1) is 10.6. The zero-order valence-corrected chi connectivity index (χ0v) is 12.1. The zero-order chi connectivity index (χ0) is 15.9. The number of hydrogen-bond donors (Lipinski definition) is 1. The van der Waals surface area contributed by atoms with Crippen LogP contribution >= 0.6 is 11.6 Å². The fraction of sp³-hybridized carbons (Fsp3) is 0.143. The van der Waals surface area contributed by atoms with Gasteiger partial charge in [-0.25, -0.2) is 9.78 Å². The van der Waals surface area contributed by atoms with Crippen LogP contribution in [0.1, 0.15) is 10.4 Å². The Hall–Kier alpha value is -2.67. The maximum absolute atomic E-state index is 11.7. The molecule has 2 aromatic rings. The zero-order valence-electron chi connectivity index (χ0n) is 11.4. The van der Waals surface area contributed by atoms with Crippen molar-refractivity contribution in [1.82, 2.24) is 4.98 Å². The summed E-state index contributed by atoms with van der Waals surface area (Å²) in [7, 11) is 0. The second kappa shape index (κ2) is 7.37. The summed E-state index contributed by atoms with van der Waals surface area (Å²) in [5, 5.41) is 13.9. The van der Waals surface area contributed by atoms with Crippen LogP contribution in [0, 0.1) is 10.1 Å². The van der Waals surface area contributed by atoms with Gasteiger partial charge in [0.25, 0.3) is 5.69 Å². The minimum atomic E-state index is -0.523. The second-order valence-corrected chi connectivity index (χ2v) is 4.66. The molecule has 0 unspecified atom stereocenters. The number of halogens is 1. The van der Waals surface area contributed by atoms with E-state index in [1.165, 1.54) is 12.1 Å². The molecular formula is C14H12ClN3O4. The number of esters is 1. The summed E-state index contributed by atoms with van der Waals surface area (Å²) in [6, 6.07) is 9.20. The van der Waals surface area contributed by atoms with Gasteiger partial charge in [-0.1, -0.05) is 11.6 Å². The standard InChI is InChI=1S/C14H12ClN3O4/c15-11-3-1-10(2-4-11)14(19)22-8-7-16-13-6-5-12(9-17-13)18(20)21/h1-6,9H,7-8H2,(H,16,17). The van der Waals surface area contributed by atoms with E-state index in [0.717, 1.165) is 6.20 Å². The number of rotatable bonds is 6. The molecule has 22 heavy (non-hydrogen) atoms. The molecule has 0 aliphatic heterocycles. The number of carbonyl (C=O) groups excluding carboxylic acids is 1. The number of anilines is 1. The van der Waals surface area contributed by atoms with Gasteiger partial charge < -0.3 is 10.1 Å². The van der Waals surface area contributed by atoms with Gasteiger partial charge in [0.15, 0.2) is 0 Å². The van der Waals surface area contributed by atoms with Crippen molar-refractivity contribution < 1.29 is 14.5 Å². The molecule has 7 nitrogen and oxygen atoms in total. The third-order valence-corrected chi connectivity index (χ3v) is 2.93. The maximum Gasteiger partial charge on any atom is 0.338 e. The van der Waals surface area contributed by atoms with Gasteiger partial charge in [-0.3, -0.25) is 10.1 Å². The van der Waals surface area contributed by atoms with E-state index >= 15 is 0 Å². The number of benzene rings is 1. The molecule has 0 amide bonds. The summed E-state index contributed by atoms with van der Waals surface area (Å²) in [4.78, 5) is 25.5. The van der Waals surface area contributed by atoms with Crippen molar-refractivity contribution >= 4 is 29.1 Å². The Morgan fingerprint density at radius 2 is 2.00 bits per heavy atom. The number of ether oxygens (including phenoxy) is 1. The van der Waals surface area contributed by atoms with Crippen LogP contribution < -0.4 is 5.32 Å². The summed E-state index contributed by atoms with van der Waals surface area (Å²) in [5.74, 6) is 0.0169. The number of carbonyl (C=O) groups is 1. The molecule has 0 atom stereocenters. The third-order valence-electron chi connectivity index (χ3n) is 2.68. The minimum absolute atomic E-state index is 0.0836. The van der Waals surface area contributed by atoms with Crippen LogP contribution in [0.3, 0.4) is 0 Å². The van der Waals surface area contributed by atoms with Crippen LogP contribution in [0.15, 0.2) is 42.6 Å². The van der Waals surface area contributed by atoms with Crippen molar-refractivity contribution in [2.24, 2.45) is 0 Å². The lowest BCUT2D eigenvalue weighted by Crippen LogP contribution is -2.14. The van der Waals surface area contributed by atoms with Crippen molar-refractivity contribution in [1.29, 1.82) is 0 Å². The SMILES string of the molecule is O=C(OCCNc1ccc([N+](=O)[O-])cn1)c1ccc(Cl)cc1. The highest BCUT2D eigenvalue weighted by atomic mass is 35.5. The highest BCUT2D eigenvalue weighted by molar-refractivity contribution is 6.30. The molecule has 1 aromatic carbocycles. The quantitative estimate of drug-likeness (QED) is 0.380. The summed E-state index contributed by atoms with van der Waals surface area (Å²) in [6.45, 7) is 0.476. The van der Waals surface area contributed by atoms with Gasteiger partial charge in [0.05, 0.1) is 17.0 Å². The molecule has 0 spiro atoms. The largest absolute Gasteiger partial charge is 0.460 e. The third kappa shape index (κ3) is 4.42. The predicted octanol–water partition coefficient (Wildman–Crippen LogP) is 2.91. The first kappa shape index (κ1) is 15.7. The lowest BCUT2D eigenvalue weighted by atomic mass is 10.2. The Morgan fingerprint density at radius 1 is 1.27 bits per heavy atom. The molecule has 1 aromatic heterocycles. The molecular weight excluding hydrogens is 310 g/mol. The van der Waals surface area contributed by atoms with Gasteiger partial charge in [-0.05, 0) is 30.3 Å². The molecule has 0 radical (unpaired) electrons. The van der Waals surface area contributed by atoms with Gasteiger partial charge in [0.1, 0.15) is 18.6 Å². The summed E-state index contributed by atoms with van der Waals surface area (Å²) in [5.41, 5.74) is 0.331. The van der Waals surface area contributed by atoms with Gasteiger partial charge in [-0.15, -0.1) is 0 Å². The number of nitro groups is 1. The van der Waals surface area contributed by atoms with Gasteiger partial charge in [0, 0.05) is 11.1 Å². The van der Waals surface area contributed by atoms with E-state index in [-0.39, 0.29) is 12.3 Å². The Balaban J connectivity index is 1.75. The van der Waals surface area contributed by atoms with Crippen molar-refractivity contribution in [2.45, 2.75) is 0 Å². The van der Waals surface area contributed by atoms with Gasteiger partial charge >= 0.3 is 5.97 Å². The smallest absolute Gasteiger partial charge is 0.338 e. The lowest BCUT2D eigenvalue weighted by Gasteiger charge is -2.07. The average molecular weight is 322 g/mol. The molecule has 1 heterocycles. The Kier molecular flexibility index (Phi) is 5.26. The number of pyridine rings is 1. The van der Waals surface area contributed by atoms with Crippen molar-refractivity contribution in [3.05, 3.63) is 63.3 Å². The molecule has 2 rings (SSSR count). The lowest BCUT2D eigenvalue weighted by molar-refractivity contribution is -0.385. The summed E-state index contributed by atoms with van der Waals surface area (Å²) >= 11 is 5.73. The first-order valence-electron chi connectivity index (χ1n) is 6.33. The molecule has 1 N–H and O–H groups in total. The molecule has 0 bridgehead atoms. The number of hydrogen-bond acceptors (Lipinski definition) is 6. The number of aromatic nitrogens is 1. The van der Waals surface area contributed by atoms with Crippen LogP contribution in [-0.4, -0.2) is 29.0 Å². The molecule has 8 heteroatoms. The van der Waals surface area contributed by atoms with E-state index in [1.807, 2.05) is 0 Å². The van der Waals surface area contributed by atoms with Gasteiger partial charge in [-0.2, -0.15) is 0 Å². The fourth-order valence-electron chi connectivity index (χ4n) is 1.59. The Morgan fingerprint density at radius 3 is 2.59 bits per heavy atom. The van der Waals surface area contributed by atoms with Crippen LogP contribution in [0.25, 0.3) is 0 Å². The molecule has 114 valence electrons. The predicted molar refractivity (Wildman–Crippen MR) is 81.1 cm³/mol. The minimum Gasteiger partial charge on any atom is -0.460 e. The van der Waals surface area contributed by atoms with Gasteiger partial charge in [0.2, 0.25) is 0 Å². The van der Waals surface area contributed by atoms with Crippen molar-refractivity contribution in [3.8, 4) is 0 Å². The van der Waals surface area contributed by atoms with E-state index < -0.39 is 10.9 Å². The average Bonchev–Trinajstić information content (AvgIpc) is 2.52. The summed E-state index contributed by atoms with van der Waals surface area (Å²) < 4.78 is 5.07. The van der Waals surface area contributed by atoms with E-state index in [9.17, 15) is 14.9 Å². The maximum atomic E-state index is 11.7. The van der Waals surface area contributed by atoms with Crippen LogP contribution in [0.5, 0.6) is 0 Å². The van der Waals surface area contributed by atoms with E-state index in [0.29, 0.717) is 22.9 Å². The fourth-order valence-corrected chi connectivity index (χ4v) is 1.72. The van der Waals surface area contributed by atoms with E-state index in [2.05, 4.69) is 10.3 Å². The van der Waals surface area contributed by atoms with Crippen LogP contribution in [0.2, 0.25) is 5.02 Å². The molecule has 0 fully saturated rings. The van der Waals surface area contributed by atoms with Crippen molar-refractivity contribution in [2.75, 3.05) is 18.5 Å². The number of nitrogens with one attached hydrogen (secondary N) is 1. The molecule has 0 saturated heterocycles. The first-order valence-corrected chi connectivity index (χ1v) is 6.71. The topological polar surface area (TPSA) is 94.4 Å². The highest BCUT2D eigenvalue weighted by Gasteiger charge is 2.07. The van der Waals surface area contributed by atoms with E-state index in [4.69, 9.17) is 16.3 Å². The summed E-state index contributed by atoms with van der Waals surface area (Å²) in [6.07, 6.45) is 1.15. The van der Waals surface area contributed by atoms with Crippen LogP contribution in [0.4, 0.5) is 11.5 Å². The molecule has 0 aliphatic rings. The Labute approximate surface area is 131 Å². The highest BCUT2D eigenvalue weighted by Crippen LogP contribution is 2.12. The molecule has 0 aliphatic carbocycles.